The number of aryl methyl sites for hydroxylation is 1. The monoisotopic (exact) mass is 254 g/mol. The van der Waals surface area contributed by atoms with Crippen molar-refractivity contribution >= 4 is 11.3 Å². The molecule has 0 radical (unpaired) electrons. The van der Waals surface area contributed by atoms with Crippen LogP contribution in [0.5, 0.6) is 0 Å². The van der Waals surface area contributed by atoms with E-state index in [2.05, 4.69) is 17.2 Å². The smallest absolute Gasteiger partial charge is 0.0798 e. The van der Waals surface area contributed by atoms with Gasteiger partial charge < -0.3 is 10.4 Å². The Balaban J connectivity index is 1.75. The molecule has 0 aliphatic heterocycles. The van der Waals surface area contributed by atoms with Gasteiger partial charge in [0.1, 0.15) is 0 Å². The SMILES string of the molecule is Cc1ncsc1CNCC1CCCCC1CO. The van der Waals surface area contributed by atoms with Crippen molar-refractivity contribution in [2.45, 2.75) is 39.2 Å². The zero-order valence-corrected chi connectivity index (χ0v) is 11.3. The Morgan fingerprint density at radius 2 is 2.18 bits per heavy atom. The molecule has 2 rings (SSSR count). The molecular weight excluding hydrogens is 232 g/mol. The van der Waals surface area contributed by atoms with E-state index in [1.807, 2.05) is 5.51 Å². The normalized spacial score (nSPS) is 25.1. The van der Waals surface area contributed by atoms with Crippen molar-refractivity contribution in [3.63, 3.8) is 0 Å². The Bertz CT molecular complexity index is 340. The van der Waals surface area contributed by atoms with Gasteiger partial charge in [-0.05, 0) is 38.1 Å². The molecule has 0 bridgehead atoms. The molecule has 1 aromatic rings. The molecule has 0 amide bonds. The third kappa shape index (κ3) is 3.50. The second-order valence-corrected chi connectivity index (χ2v) is 5.92. The number of rotatable bonds is 5. The first-order valence-electron chi connectivity index (χ1n) is 6.51. The van der Waals surface area contributed by atoms with Crippen LogP contribution in [0.3, 0.4) is 0 Å². The second kappa shape index (κ2) is 6.47. The fraction of sp³-hybridized carbons (Fsp3) is 0.769. The van der Waals surface area contributed by atoms with E-state index in [1.54, 1.807) is 11.3 Å². The molecule has 1 aliphatic rings. The minimum atomic E-state index is 0.353. The summed E-state index contributed by atoms with van der Waals surface area (Å²) in [6.45, 7) is 4.37. The molecule has 2 unspecified atom stereocenters. The van der Waals surface area contributed by atoms with Gasteiger partial charge in [0, 0.05) is 18.0 Å². The van der Waals surface area contributed by atoms with Crippen LogP contribution in [0.2, 0.25) is 0 Å². The van der Waals surface area contributed by atoms with Gasteiger partial charge in [-0.1, -0.05) is 12.8 Å². The first-order chi connectivity index (χ1) is 8.31. The Morgan fingerprint density at radius 1 is 1.41 bits per heavy atom. The van der Waals surface area contributed by atoms with Crippen LogP contribution in [-0.2, 0) is 6.54 Å². The van der Waals surface area contributed by atoms with Crippen LogP contribution in [0.25, 0.3) is 0 Å². The molecule has 17 heavy (non-hydrogen) atoms. The average molecular weight is 254 g/mol. The summed E-state index contributed by atoms with van der Waals surface area (Å²) in [6.07, 6.45) is 5.07. The van der Waals surface area contributed by atoms with E-state index in [1.165, 1.54) is 30.6 Å². The van der Waals surface area contributed by atoms with E-state index < -0.39 is 0 Å². The van der Waals surface area contributed by atoms with E-state index in [0.29, 0.717) is 18.4 Å². The minimum absolute atomic E-state index is 0.353. The van der Waals surface area contributed by atoms with Crippen molar-refractivity contribution < 1.29 is 5.11 Å². The largest absolute Gasteiger partial charge is 0.396 e. The number of thiazole rings is 1. The lowest BCUT2D eigenvalue weighted by atomic mass is 9.79. The van der Waals surface area contributed by atoms with Gasteiger partial charge in [0.15, 0.2) is 0 Å². The molecule has 1 saturated carbocycles. The van der Waals surface area contributed by atoms with Gasteiger partial charge in [0.25, 0.3) is 0 Å². The minimum Gasteiger partial charge on any atom is -0.396 e. The van der Waals surface area contributed by atoms with Crippen LogP contribution < -0.4 is 5.32 Å². The quantitative estimate of drug-likeness (QED) is 0.848. The van der Waals surface area contributed by atoms with Crippen LogP contribution in [0.1, 0.15) is 36.3 Å². The number of hydrogen-bond donors (Lipinski definition) is 2. The number of aliphatic hydroxyl groups is 1. The van der Waals surface area contributed by atoms with Crippen molar-refractivity contribution in [1.82, 2.24) is 10.3 Å². The Morgan fingerprint density at radius 3 is 2.82 bits per heavy atom. The highest BCUT2D eigenvalue weighted by molar-refractivity contribution is 7.09. The first kappa shape index (κ1) is 13.0. The molecule has 0 saturated heterocycles. The molecule has 96 valence electrons. The van der Waals surface area contributed by atoms with Crippen LogP contribution in [0, 0.1) is 18.8 Å². The highest BCUT2D eigenvalue weighted by atomic mass is 32.1. The number of nitrogens with zero attached hydrogens (tertiary/aromatic N) is 1. The van der Waals surface area contributed by atoms with Gasteiger partial charge in [-0.3, -0.25) is 0 Å². The van der Waals surface area contributed by atoms with Crippen LogP contribution in [-0.4, -0.2) is 23.2 Å². The summed E-state index contributed by atoms with van der Waals surface area (Å²) in [5.74, 6) is 1.17. The Kier molecular flexibility index (Phi) is 4.95. The standard InChI is InChI=1S/C13H22N2OS/c1-10-13(17-9-15-10)7-14-6-11-4-2-3-5-12(11)8-16/h9,11-12,14,16H,2-8H2,1H3. The van der Waals surface area contributed by atoms with E-state index in [0.717, 1.165) is 18.8 Å². The fourth-order valence-corrected chi connectivity index (χ4v) is 3.41. The maximum absolute atomic E-state index is 9.35. The van der Waals surface area contributed by atoms with Gasteiger partial charge in [-0.15, -0.1) is 11.3 Å². The summed E-state index contributed by atoms with van der Waals surface area (Å²) in [7, 11) is 0. The van der Waals surface area contributed by atoms with Gasteiger partial charge in [0.2, 0.25) is 0 Å². The predicted molar refractivity (Wildman–Crippen MR) is 71.1 cm³/mol. The molecule has 1 aliphatic carbocycles. The molecule has 3 nitrogen and oxygen atoms in total. The molecule has 2 atom stereocenters. The Hall–Kier alpha value is -0.450. The third-order valence-electron chi connectivity index (χ3n) is 3.84. The highest BCUT2D eigenvalue weighted by Gasteiger charge is 2.23. The van der Waals surface area contributed by atoms with Crippen molar-refractivity contribution in [1.29, 1.82) is 0 Å². The molecule has 0 spiro atoms. The fourth-order valence-electron chi connectivity index (χ4n) is 2.66. The molecule has 1 aromatic heterocycles. The predicted octanol–water partition coefficient (Wildman–Crippen LogP) is 2.34. The van der Waals surface area contributed by atoms with Crippen LogP contribution in [0.4, 0.5) is 0 Å². The van der Waals surface area contributed by atoms with E-state index in [4.69, 9.17) is 0 Å². The highest BCUT2D eigenvalue weighted by Crippen LogP contribution is 2.29. The molecule has 1 fully saturated rings. The maximum Gasteiger partial charge on any atom is 0.0798 e. The van der Waals surface area contributed by atoms with E-state index in [9.17, 15) is 5.11 Å². The number of aromatic nitrogens is 1. The zero-order valence-electron chi connectivity index (χ0n) is 10.5. The summed E-state index contributed by atoms with van der Waals surface area (Å²) in [5.41, 5.74) is 3.05. The van der Waals surface area contributed by atoms with Crippen molar-refractivity contribution in [3.05, 3.63) is 16.1 Å². The van der Waals surface area contributed by atoms with Gasteiger partial charge in [-0.2, -0.15) is 0 Å². The third-order valence-corrected chi connectivity index (χ3v) is 4.77. The molecular formula is C13H22N2OS. The number of hydrogen-bond acceptors (Lipinski definition) is 4. The maximum atomic E-state index is 9.35. The number of aliphatic hydroxyl groups excluding tert-OH is 1. The first-order valence-corrected chi connectivity index (χ1v) is 7.39. The molecule has 4 heteroatoms. The van der Waals surface area contributed by atoms with Crippen molar-refractivity contribution in [3.8, 4) is 0 Å². The summed E-state index contributed by atoms with van der Waals surface area (Å²) in [4.78, 5) is 5.59. The molecule has 1 heterocycles. The van der Waals surface area contributed by atoms with Gasteiger partial charge >= 0.3 is 0 Å². The average Bonchev–Trinajstić information content (AvgIpc) is 2.76. The number of nitrogens with one attached hydrogen (secondary N) is 1. The zero-order chi connectivity index (χ0) is 12.1. The lowest BCUT2D eigenvalue weighted by molar-refractivity contribution is 0.133. The molecule has 0 aromatic carbocycles. The van der Waals surface area contributed by atoms with E-state index >= 15 is 0 Å². The Labute approximate surface area is 107 Å². The van der Waals surface area contributed by atoms with Gasteiger partial charge in [0.05, 0.1) is 11.2 Å². The van der Waals surface area contributed by atoms with Crippen LogP contribution >= 0.6 is 11.3 Å². The lowest BCUT2D eigenvalue weighted by Crippen LogP contribution is -2.32. The van der Waals surface area contributed by atoms with Crippen LogP contribution in [0.15, 0.2) is 5.51 Å². The summed E-state index contributed by atoms with van der Waals surface area (Å²) < 4.78 is 0. The summed E-state index contributed by atoms with van der Waals surface area (Å²) in [6, 6.07) is 0. The van der Waals surface area contributed by atoms with Crippen molar-refractivity contribution in [2.75, 3.05) is 13.2 Å². The molecule has 2 N–H and O–H groups in total. The summed E-state index contributed by atoms with van der Waals surface area (Å²) in [5, 5.41) is 12.9. The second-order valence-electron chi connectivity index (χ2n) is 4.98. The topological polar surface area (TPSA) is 45.2 Å². The summed E-state index contributed by atoms with van der Waals surface area (Å²) >= 11 is 1.72. The van der Waals surface area contributed by atoms with Crippen molar-refractivity contribution in [2.24, 2.45) is 11.8 Å². The lowest BCUT2D eigenvalue weighted by Gasteiger charge is -2.30. The van der Waals surface area contributed by atoms with Gasteiger partial charge in [-0.25, -0.2) is 4.98 Å². The van der Waals surface area contributed by atoms with E-state index in [-0.39, 0.29) is 0 Å².